The van der Waals surface area contributed by atoms with Gasteiger partial charge in [0.2, 0.25) is 0 Å². The second-order valence-corrected chi connectivity index (χ2v) is 5.40. The molecule has 0 radical (unpaired) electrons. The van der Waals surface area contributed by atoms with Gasteiger partial charge in [0.25, 0.3) is 0 Å². The third kappa shape index (κ3) is 2.84. The topological polar surface area (TPSA) is 46.5 Å². The Balaban J connectivity index is 2.22. The molecular weight excluding hydrogens is 228 g/mol. The molecule has 3 nitrogen and oxygen atoms in total. The lowest BCUT2D eigenvalue weighted by Crippen LogP contribution is -2.34. The molecule has 0 atom stereocenters. The number of hydrogen-bond acceptors (Lipinski definition) is 2. The molecular formula is C15H20O3. The van der Waals surface area contributed by atoms with E-state index in [1.54, 1.807) is 12.1 Å². The summed E-state index contributed by atoms with van der Waals surface area (Å²) in [6, 6.07) is 5.07. The van der Waals surface area contributed by atoms with E-state index in [-0.39, 0.29) is 11.2 Å². The van der Waals surface area contributed by atoms with E-state index in [0.717, 1.165) is 18.4 Å². The number of aromatic carboxylic acids is 1. The predicted octanol–water partition coefficient (Wildman–Crippen LogP) is 3.79. The van der Waals surface area contributed by atoms with Crippen LogP contribution in [0.3, 0.4) is 0 Å². The molecule has 0 unspecified atom stereocenters. The quantitative estimate of drug-likeness (QED) is 0.885. The van der Waals surface area contributed by atoms with E-state index >= 15 is 0 Å². The molecule has 98 valence electrons. The minimum atomic E-state index is -0.909. The van der Waals surface area contributed by atoms with Gasteiger partial charge in [0.15, 0.2) is 0 Å². The number of benzene rings is 1. The summed E-state index contributed by atoms with van der Waals surface area (Å²) < 4.78 is 6.10. The fourth-order valence-electron chi connectivity index (χ4n) is 2.51. The van der Waals surface area contributed by atoms with E-state index in [1.807, 2.05) is 13.0 Å². The van der Waals surface area contributed by atoms with Crippen molar-refractivity contribution in [2.24, 2.45) is 0 Å². The summed E-state index contributed by atoms with van der Waals surface area (Å²) in [7, 11) is 0. The average molecular weight is 248 g/mol. The summed E-state index contributed by atoms with van der Waals surface area (Å²) in [6.07, 6.45) is 5.74. The van der Waals surface area contributed by atoms with Gasteiger partial charge < -0.3 is 9.84 Å². The maximum Gasteiger partial charge on any atom is 0.335 e. The molecule has 1 fully saturated rings. The summed E-state index contributed by atoms with van der Waals surface area (Å²) in [6.45, 7) is 4.08. The van der Waals surface area contributed by atoms with Crippen LogP contribution in [0.1, 0.15) is 54.9 Å². The summed E-state index contributed by atoms with van der Waals surface area (Å²) in [5.74, 6) is -0.201. The number of rotatable bonds is 3. The monoisotopic (exact) mass is 248 g/mol. The number of ether oxygens (including phenoxy) is 1. The van der Waals surface area contributed by atoms with Gasteiger partial charge in [0, 0.05) is 0 Å². The second-order valence-electron chi connectivity index (χ2n) is 5.40. The summed E-state index contributed by atoms with van der Waals surface area (Å²) in [5.41, 5.74) is 1.14. The zero-order valence-electron chi connectivity index (χ0n) is 11.0. The van der Waals surface area contributed by atoms with Crippen LogP contribution in [0.5, 0.6) is 5.75 Å². The zero-order valence-corrected chi connectivity index (χ0v) is 11.0. The third-order valence-corrected chi connectivity index (χ3v) is 3.70. The Labute approximate surface area is 108 Å². The molecule has 0 heterocycles. The fraction of sp³-hybridized carbons (Fsp3) is 0.533. The van der Waals surface area contributed by atoms with Gasteiger partial charge in [-0.15, -0.1) is 0 Å². The number of carboxylic acids is 1. The first-order chi connectivity index (χ1) is 8.50. The van der Waals surface area contributed by atoms with Crippen molar-refractivity contribution in [1.29, 1.82) is 0 Å². The van der Waals surface area contributed by atoms with Crippen molar-refractivity contribution in [2.75, 3.05) is 0 Å². The predicted molar refractivity (Wildman–Crippen MR) is 70.3 cm³/mol. The van der Waals surface area contributed by atoms with Crippen molar-refractivity contribution in [1.82, 2.24) is 0 Å². The van der Waals surface area contributed by atoms with Crippen molar-refractivity contribution in [2.45, 2.75) is 51.6 Å². The lowest BCUT2D eigenvalue weighted by atomic mass is 9.86. The minimum Gasteiger partial charge on any atom is -0.487 e. The molecule has 1 N–H and O–H groups in total. The van der Waals surface area contributed by atoms with Gasteiger partial charge in [-0.1, -0.05) is 12.5 Å². The highest BCUT2D eigenvalue weighted by Gasteiger charge is 2.29. The van der Waals surface area contributed by atoms with Crippen molar-refractivity contribution < 1.29 is 14.6 Å². The molecule has 1 aliphatic rings. The van der Waals surface area contributed by atoms with Crippen LogP contribution in [0.4, 0.5) is 0 Å². The molecule has 0 aromatic heterocycles. The Hall–Kier alpha value is -1.51. The lowest BCUT2D eigenvalue weighted by molar-refractivity contribution is 0.0475. The van der Waals surface area contributed by atoms with Crippen LogP contribution in [-0.2, 0) is 0 Å². The highest BCUT2D eigenvalue weighted by Crippen LogP contribution is 2.34. The molecule has 2 rings (SSSR count). The number of carbonyl (C=O) groups is 1. The standard InChI is InChI=1S/C15H20O3/c1-11-6-7-12(14(16)17)10-13(11)18-15(2)8-4-3-5-9-15/h6-7,10H,3-5,8-9H2,1-2H3,(H,16,17). The maximum atomic E-state index is 11.0. The molecule has 0 bridgehead atoms. The van der Waals surface area contributed by atoms with Crippen molar-refractivity contribution in [3.05, 3.63) is 29.3 Å². The van der Waals surface area contributed by atoms with Gasteiger partial charge in [-0.2, -0.15) is 0 Å². The normalized spacial score (nSPS) is 18.3. The number of aryl methyl sites for hydroxylation is 1. The molecule has 3 heteroatoms. The Bertz CT molecular complexity index is 445. The zero-order chi connectivity index (χ0) is 13.2. The fourth-order valence-corrected chi connectivity index (χ4v) is 2.51. The Morgan fingerprint density at radius 1 is 1.28 bits per heavy atom. The molecule has 0 saturated heterocycles. The van der Waals surface area contributed by atoms with Crippen LogP contribution in [0.15, 0.2) is 18.2 Å². The van der Waals surface area contributed by atoms with Gasteiger partial charge in [0.1, 0.15) is 11.4 Å². The first-order valence-electron chi connectivity index (χ1n) is 6.53. The molecule has 0 amide bonds. The van der Waals surface area contributed by atoms with Gasteiger partial charge >= 0.3 is 5.97 Å². The van der Waals surface area contributed by atoms with Crippen LogP contribution in [0, 0.1) is 6.92 Å². The summed E-state index contributed by atoms with van der Waals surface area (Å²) in [5, 5.41) is 9.01. The van der Waals surface area contributed by atoms with Crippen LogP contribution < -0.4 is 4.74 Å². The van der Waals surface area contributed by atoms with Gasteiger partial charge in [-0.25, -0.2) is 4.79 Å². The van der Waals surface area contributed by atoms with Gasteiger partial charge in [0.05, 0.1) is 5.56 Å². The second kappa shape index (κ2) is 5.01. The molecule has 0 aliphatic heterocycles. The first-order valence-corrected chi connectivity index (χ1v) is 6.53. The van der Waals surface area contributed by atoms with Gasteiger partial charge in [-0.3, -0.25) is 0 Å². The van der Waals surface area contributed by atoms with E-state index in [9.17, 15) is 4.79 Å². The lowest BCUT2D eigenvalue weighted by Gasteiger charge is -2.34. The smallest absolute Gasteiger partial charge is 0.335 e. The molecule has 1 aromatic rings. The Morgan fingerprint density at radius 2 is 1.94 bits per heavy atom. The Kier molecular flexibility index (Phi) is 3.60. The highest BCUT2D eigenvalue weighted by atomic mass is 16.5. The van der Waals surface area contributed by atoms with Crippen molar-refractivity contribution in [3.8, 4) is 5.75 Å². The van der Waals surface area contributed by atoms with Crippen LogP contribution in [0.2, 0.25) is 0 Å². The molecule has 1 saturated carbocycles. The number of hydrogen-bond donors (Lipinski definition) is 1. The largest absolute Gasteiger partial charge is 0.487 e. The maximum absolute atomic E-state index is 11.0. The van der Waals surface area contributed by atoms with Crippen LogP contribution in [0.25, 0.3) is 0 Å². The molecule has 1 aliphatic carbocycles. The minimum absolute atomic E-state index is 0.139. The van der Waals surface area contributed by atoms with Gasteiger partial charge in [-0.05, 0) is 57.2 Å². The molecule has 18 heavy (non-hydrogen) atoms. The van der Waals surface area contributed by atoms with Crippen LogP contribution >= 0.6 is 0 Å². The Morgan fingerprint density at radius 3 is 2.56 bits per heavy atom. The summed E-state index contributed by atoms with van der Waals surface area (Å²) in [4.78, 5) is 11.0. The summed E-state index contributed by atoms with van der Waals surface area (Å²) >= 11 is 0. The van der Waals surface area contributed by atoms with Crippen molar-refractivity contribution >= 4 is 5.97 Å². The highest BCUT2D eigenvalue weighted by molar-refractivity contribution is 5.88. The average Bonchev–Trinajstić information content (AvgIpc) is 2.32. The molecule has 1 aromatic carbocycles. The van der Waals surface area contributed by atoms with E-state index < -0.39 is 5.97 Å². The third-order valence-electron chi connectivity index (χ3n) is 3.70. The van der Waals surface area contributed by atoms with E-state index in [1.165, 1.54) is 19.3 Å². The SMILES string of the molecule is Cc1ccc(C(=O)O)cc1OC1(C)CCCCC1. The van der Waals surface area contributed by atoms with E-state index in [4.69, 9.17) is 9.84 Å². The van der Waals surface area contributed by atoms with E-state index in [0.29, 0.717) is 5.75 Å². The van der Waals surface area contributed by atoms with Crippen molar-refractivity contribution in [3.63, 3.8) is 0 Å². The molecule has 0 spiro atoms. The first kappa shape index (κ1) is 12.9. The number of carboxylic acid groups (broad SMARTS) is 1. The van der Waals surface area contributed by atoms with Crippen LogP contribution in [-0.4, -0.2) is 16.7 Å². The van der Waals surface area contributed by atoms with E-state index in [2.05, 4.69) is 6.92 Å².